The Balaban J connectivity index is 1.43. The maximum atomic E-state index is 12.3. The van der Waals surface area contributed by atoms with Crippen LogP contribution in [0.5, 0.6) is 5.88 Å². The quantitative estimate of drug-likeness (QED) is 0.888. The third-order valence-corrected chi connectivity index (χ3v) is 4.89. The maximum absolute atomic E-state index is 12.3. The molecule has 1 aliphatic carbocycles. The monoisotopic (exact) mass is 342 g/mol. The fourth-order valence-electron chi connectivity index (χ4n) is 3.37. The van der Waals surface area contributed by atoms with Crippen molar-refractivity contribution in [2.45, 2.75) is 44.2 Å². The Bertz CT molecular complexity index is 675. The van der Waals surface area contributed by atoms with E-state index in [1.807, 2.05) is 6.07 Å². The van der Waals surface area contributed by atoms with Gasteiger partial charge < -0.3 is 15.0 Å². The highest BCUT2D eigenvalue weighted by molar-refractivity contribution is 5.89. The molecule has 7 nitrogen and oxygen atoms in total. The van der Waals surface area contributed by atoms with Crippen molar-refractivity contribution in [3.63, 3.8) is 0 Å². The molecule has 1 aliphatic heterocycles. The van der Waals surface area contributed by atoms with E-state index in [4.69, 9.17) is 10.00 Å². The highest BCUT2D eigenvalue weighted by Crippen LogP contribution is 2.24. The lowest BCUT2D eigenvalue weighted by atomic mass is 9.92. The number of hydrogen-bond donors (Lipinski definition) is 1. The predicted octanol–water partition coefficient (Wildman–Crippen LogP) is 1.24. The van der Waals surface area contributed by atoms with Gasteiger partial charge in [-0.1, -0.05) is 0 Å². The molecule has 1 unspecified atom stereocenters. The normalized spacial score (nSPS) is 26.2. The molecule has 0 aromatic carbocycles. The number of amides is 2. The molecular weight excluding hydrogens is 320 g/mol. The molecule has 1 saturated carbocycles. The summed E-state index contributed by atoms with van der Waals surface area (Å²) in [5, 5.41) is 11.8. The fourth-order valence-corrected chi connectivity index (χ4v) is 3.37. The number of rotatable bonds is 4. The molecule has 2 aliphatic rings. The van der Waals surface area contributed by atoms with Gasteiger partial charge >= 0.3 is 0 Å². The molecular formula is C18H22N4O3. The first-order valence-electron chi connectivity index (χ1n) is 8.62. The minimum absolute atomic E-state index is 0.0178. The zero-order valence-corrected chi connectivity index (χ0v) is 14.3. The van der Waals surface area contributed by atoms with E-state index in [1.54, 1.807) is 24.1 Å². The Kier molecular flexibility index (Phi) is 5.17. The summed E-state index contributed by atoms with van der Waals surface area (Å²) >= 11 is 0. The van der Waals surface area contributed by atoms with Gasteiger partial charge in [0.25, 0.3) is 0 Å². The molecule has 3 rings (SSSR count). The van der Waals surface area contributed by atoms with E-state index in [1.165, 1.54) is 6.20 Å². The van der Waals surface area contributed by atoms with Gasteiger partial charge in [-0.15, -0.1) is 0 Å². The molecule has 0 radical (unpaired) electrons. The highest BCUT2D eigenvalue weighted by Gasteiger charge is 2.33. The summed E-state index contributed by atoms with van der Waals surface area (Å²) in [5.74, 6) is 0.316. The summed E-state index contributed by atoms with van der Waals surface area (Å²) in [7, 11) is 1.73. The van der Waals surface area contributed by atoms with Crippen molar-refractivity contribution >= 4 is 11.8 Å². The Morgan fingerprint density at radius 2 is 2.12 bits per heavy atom. The molecule has 2 amide bonds. The second-order valence-corrected chi connectivity index (χ2v) is 6.77. The van der Waals surface area contributed by atoms with Crippen LogP contribution in [0.25, 0.3) is 0 Å². The first-order valence-corrected chi connectivity index (χ1v) is 8.62. The number of hydrogen-bond acceptors (Lipinski definition) is 5. The van der Waals surface area contributed by atoms with Gasteiger partial charge in [0.2, 0.25) is 17.7 Å². The summed E-state index contributed by atoms with van der Waals surface area (Å²) < 4.78 is 5.85. The molecule has 132 valence electrons. The Labute approximate surface area is 147 Å². The average molecular weight is 342 g/mol. The van der Waals surface area contributed by atoms with Gasteiger partial charge in [0.15, 0.2) is 0 Å². The van der Waals surface area contributed by atoms with Crippen LogP contribution >= 0.6 is 0 Å². The largest absolute Gasteiger partial charge is 0.474 e. The van der Waals surface area contributed by atoms with Gasteiger partial charge in [0.05, 0.1) is 11.5 Å². The lowest BCUT2D eigenvalue weighted by molar-refractivity contribution is -0.128. The topological polar surface area (TPSA) is 95.3 Å². The molecule has 1 aromatic rings. The molecule has 0 bridgehead atoms. The zero-order valence-electron chi connectivity index (χ0n) is 14.3. The van der Waals surface area contributed by atoms with Gasteiger partial charge in [-0.3, -0.25) is 9.59 Å². The predicted molar refractivity (Wildman–Crippen MR) is 89.5 cm³/mol. The molecule has 2 fully saturated rings. The number of carbonyl (C=O) groups is 2. The van der Waals surface area contributed by atoms with E-state index in [0.29, 0.717) is 24.4 Å². The number of nitrogens with zero attached hydrogens (tertiary/aromatic N) is 3. The van der Waals surface area contributed by atoms with Crippen LogP contribution in [0.3, 0.4) is 0 Å². The van der Waals surface area contributed by atoms with Crippen molar-refractivity contribution in [2.24, 2.45) is 5.92 Å². The van der Waals surface area contributed by atoms with E-state index in [9.17, 15) is 9.59 Å². The lowest BCUT2D eigenvalue weighted by Crippen LogP contribution is -2.42. The van der Waals surface area contributed by atoms with E-state index in [-0.39, 0.29) is 29.9 Å². The summed E-state index contributed by atoms with van der Waals surface area (Å²) in [5.41, 5.74) is 0.509. The summed E-state index contributed by atoms with van der Waals surface area (Å²) in [6, 6.07) is 5.57. The second kappa shape index (κ2) is 7.51. The Morgan fingerprint density at radius 3 is 2.68 bits per heavy atom. The SMILES string of the molecule is CN1CC(C(=O)NC2CCC(Oc3ccc(C#N)cn3)CC2)CC1=O. The third kappa shape index (κ3) is 4.27. The summed E-state index contributed by atoms with van der Waals surface area (Å²) in [6.07, 6.45) is 5.28. The fraction of sp³-hybridized carbons (Fsp3) is 0.556. The minimum atomic E-state index is -0.227. The molecule has 1 saturated heterocycles. The van der Waals surface area contributed by atoms with Gasteiger partial charge in [0.1, 0.15) is 12.2 Å². The first-order chi connectivity index (χ1) is 12.0. The molecule has 1 atom stereocenters. The number of pyridine rings is 1. The average Bonchev–Trinajstić information content (AvgIpc) is 2.96. The van der Waals surface area contributed by atoms with Gasteiger partial charge in [0, 0.05) is 38.3 Å². The van der Waals surface area contributed by atoms with Gasteiger partial charge in [-0.05, 0) is 31.7 Å². The van der Waals surface area contributed by atoms with Crippen LogP contribution in [-0.2, 0) is 9.59 Å². The molecule has 25 heavy (non-hydrogen) atoms. The first kappa shape index (κ1) is 17.2. The van der Waals surface area contributed by atoms with Crippen LogP contribution in [0, 0.1) is 17.2 Å². The van der Waals surface area contributed by atoms with Crippen LogP contribution in [-0.4, -0.2) is 47.4 Å². The summed E-state index contributed by atoms with van der Waals surface area (Å²) in [4.78, 5) is 29.6. The van der Waals surface area contributed by atoms with Gasteiger partial charge in [-0.2, -0.15) is 5.26 Å². The van der Waals surface area contributed by atoms with E-state index >= 15 is 0 Å². The van der Waals surface area contributed by atoms with Crippen molar-refractivity contribution < 1.29 is 14.3 Å². The van der Waals surface area contributed by atoms with Crippen molar-refractivity contribution in [1.82, 2.24) is 15.2 Å². The van der Waals surface area contributed by atoms with E-state index in [0.717, 1.165) is 25.7 Å². The Morgan fingerprint density at radius 1 is 1.36 bits per heavy atom. The van der Waals surface area contributed by atoms with Crippen molar-refractivity contribution in [3.8, 4) is 11.9 Å². The Hall–Kier alpha value is -2.62. The second-order valence-electron chi connectivity index (χ2n) is 6.77. The van der Waals surface area contributed by atoms with Crippen LogP contribution in [0.1, 0.15) is 37.7 Å². The highest BCUT2D eigenvalue weighted by atomic mass is 16.5. The zero-order chi connectivity index (χ0) is 17.8. The molecule has 1 aromatic heterocycles. The van der Waals surface area contributed by atoms with Crippen LogP contribution in [0.2, 0.25) is 0 Å². The summed E-state index contributed by atoms with van der Waals surface area (Å²) in [6.45, 7) is 0.507. The van der Waals surface area contributed by atoms with Crippen molar-refractivity contribution in [3.05, 3.63) is 23.9 Å². The van der Waals surface area contributed by atoms with Crippen LogP contribution in [0.15, 0.2) is 18.3 Å². The smallest absolute Gasteiger partial charge is 0.225 e. The molecule has 2 heterocycles. The maximum Gasteiger partial charge on any atom is 0.225 e. The number of aromatic nitrogens is 1. The van der Waals surface area contributed by atoms with Crippen molar-refractivity contribution in [1.29, 1.82) is 5.26 Å². The number of nitrogens with one attached hydrogen (secondary N) is 1. The third-order valence-electron chi connectivity index (χ3n) is 4.89. The molecule has 0 spiro atoms. The van der Waals surface area contributed by atoms with E-state index < -0.39 is 0 Å². The number of carbonyl (C=O) groups excluding carboxylic acids is 2. The van der Waals surface area contributed by atoms with Crippen LogP contribution in [0.4, 0.5) is 0 Å². The lowest BCUT2D eigenvalue weighted by Gasteiger charge is -2.29. The number of ether oxygens (including phenoxy) is 1. The molecule has 7 heteroatoms. The van der Waals surface area contributed by atoms with Crippen LogP contribution < -0.4 is 10.1 Å². The van der Waals surface area contributed by atoms with Gasteiger partial charge in [-0.25, -0.2) is 4.98 Å². The number of nitriles is 1. The standard InChI is InChI=1S/C18H22N4O3/c1-22-11-13(8-17(22)23)18(24)21-14-3-5-15(6-4-14)25-16-7-2-12(9-19)10-20-16/h2,7,10,13-15H,3-6,8,11H2,1H3,(H,21,24). The number of likely N-dealkylation sites (tertiary alicyclic amines) is 1. The van der Waals surface area contributed by atoms with E-state index in [2.05, 4.69) is 10.3 Å². The van der Waals surface area contributed by atoms with Crippen molar-refractivity contribution in [2.75, 3.05) is 13.6 Å². The molecule has 1 N–H and O–H groups in total. The minimum Gasteiger partial charge on any atom is -0.474 e.